The fraction of sp³-hybridized carbons (Fsp3) is 0.200. The first-order chi connectivity index (χ1) is 12.3. The van der Waals surface area contributed by atoms with Crippen LogP contribution in [0, 0.1) is 0 Å². The van der Waals surface area contributed by atoms with Gasteiger partial charge in [-0.1, -0.05) is 24.3 Å². The van der Waals surface area contributed by atoms with Crippen molar-refractivity contribution in [1.82, 2.24) is 9.97 Å². The van der Waals surface area contributed by atoms with E-state index >= 15 is 0 Å². The SMILES string of the molecule is COc1ccc(CN(Cc2ccc(OC)cc2)c2ccncn2)cc1. The van der Waals surface area contributed by atoms with Crippen LogP contribution < -0.4 is 14.4 Å². The zero-order chi connectivity index (χ0) is 17.5. The highest BCUT2D eigenvalue weighted by Gasteiger charge is 2.10. The molecule has 1 aromatic heterocycles. The molecule has 0 unspecified atom stereocenters. The van der Waals surface area contributed by atoms with Crippen LogP contribution in [-0.2, 0) is 13.1 Å². The molecule has 3 aromatic rings. The van der Waals surface area contributed by atoms with E-state index in [9.17, 15) is 0 Å². The third kappa shape index (κ3) is 4.47. The lowest BCUT2D eigenvalue weighted by molar-refractivity contribution is 0.414. The van der Waals surface area contributed by atoms with Crippen molar-refractivity contribution in [2.75, 3.05) is 19.1 Å². The largest absolute Gasteiger partial charge is 0.497 e. The summed E-state index contributed by atoms with van der Waals surface area (Å²) < 4.78 is 10.5. The molecular formula is C20H21N3O2. The van der Waals surface area contributed by atoms with E-state index in [1.807, 2.05) is 30.3 Å². The number of anilines is 1. The molecule has 1 heterocycles. The highest BCUT2D eigenvalue weighted by atomic mass is 16.5. The van der Waals surface area contributed by atoms with Crippen LogP contribution in [0.15, 0.2) is 67.1 Å². The summed E-state index contributed by atoms with van der Waals surface area (Å²) in [6, 6.07) is 18.1. The molecule has 25 heavy (non-hydrogen) atoms. The quantitative estimate of drug-likeness (QED) is 0.659. The van der Waals surface area contributed by atoms with E-state index in [1.165, 1.54) is 11.1 Å². The Morgan fingerprint density at radius 3 is 1.68 bits per heavy atom. The Hall–Kier alpha value is -3.08. The molecule has 0 spiro atoms. The first-order valence-corrected chi connectivity index (χ1v) is 8.05. The van der Waals surface area contributed by atoms with Crippen molar-refractivity contribution in [1.29, 1.82) is 0 Å². The van der Waals surface area contributed by atoms with Crippen molar-refractivity contribution >= 4 is 5.82 Å². The van der Waals surface area contributed by atoms with Crippen LogP contribution in [0.1, 0.15) is 11.1 Å². The molecule has 5 heteroatoms. The molecule has 5 nitrogen and oxygen atoms in total. The zero-order valence-corrected chi connectivity index (χ0v) is 14.4. The molecule has 0 fully saturated rings. The minimum atomic E-state index is 0.743. The van der Waals surface area contributed by atoms with Gasteiger partial charge in [0.15, 0.2) is 0 Å². The molecule has 0 radical (unpaired) electrons. The Labute approximate surface area is 147 Å². The Kier molecular flexibility index (Phi) is 5.46. The van der Waals surface area contributed by atoms with E-state index in [1.54, 1.807) is 26.7 Å². The predicted octanol–water partition coefficient (Wildman–Crippen LogP) is 3.70. The van der Waals surface area contributed by atoms with Gasteiger partial charge in [0.25, 0.3) is 0 Å². The van der Waals surface area contributed by atoms with Crippen LogP contribution in [0.25, 0.3) is 0 Å². The summed E-state index contributed by atoms with van der Waals surface area (Å²) in [5, 5.41) is 0. The lowest BCUT2D eigenvalue weighted by Gasteiger charge is -2.24. The van der Waals surface area contributed by atoms with Crippen molar-refractivity contribution in [3.63, 3.8) is 0 Å². The van der Waals surface area contributed by atoms with Crippen LogP contribution in [0.5, 0.6) is 11.5 Å². The maximum atomic E-state index is 5.23. The number of benzene rings is 2. The minimum absolute atomic E-state index is 0.743. The Morgan fingerprint density at radius 2 is 1.28 bits per heavy atom. The normalized spacial score (nSPS) is 10.3. The average Bonchev–Trinajstić information content (AvgIpc) is 2.69. The second-order valence-corrected chi connectivity index (χ2v) is 5.62. The highest BCUT2D eigenvalue weighted by Crippen LogP contribution is 2.20. The van der Waals surface area contributed by atoms with Gasteiger partial charge in [-0.25, -0.2) is 9.97 Å². The molecule has 3 rings (SSSR count). The van der Waals surface area contributed by atoms with Crippen LogP contribution in [0.2, 0.25) is 0 Å². The lowest BCUT2D eigenvalue weighted by Crippen LogP contribution is -2.23. The van der Waals surface area contributed by atoms with Gasteiger partial charge in [-0.3, -0.25) is 0 Å². The van der Waals surface area contributed by atoms with Gasteiger partial charge < -0.3 is 14.4 Å². The molecule has 0 saturated heterocycles. The highest BCUT2D eigenvalue weighted by molar-refractivity contribution is 5.41. The summed E-state index contributed by atoms with van der Waals surface area (Å²) in [5.41, 5.74) is 2.38. The third-order valence-electron chi connectivity index (χ3n) is 3.96. The second-order valence-electron chi connectivity index (χ2n) is 5.62. The van der Waals surface area contributed by atoms with Gasteiger partial charge in [-0.2, -0.15) is 0 Å². The Balaban J connectivity index is 1.81. The molecule has 2 aromatic carbocycles. The molecule has 0 N–H and O–H groups in total. The van der Waals surface area contributed by atoms with Gasteiger partial charge in [-0.05, 0) is 41.5 Å². The zero-order valence-electron chi connectivity index (χ0n) is 14.4. The number of aromatic nitrogens is 2. The minimum Gasteiger partial charge on any atom is -0.497 e. The molecule has 0 bridgehead atoms. The summed E-state index contributed by atoms with van der Waals surface area (Å²) in [5.74, 6) is 2.60. The maximum Gasteiger partial charge on any atom is 0.132 e. The monoisotopic (exact) mass is 335 g/mol. The fourth-order valence-corrected chi connectivity index (χ4v) is 2.59. The number of hydrogen-bond donors (Lipinski definition) is 0. The van der Waals surface area contributed by atoms with Crippen LogP contribution in [0.4, 0.5) is 5.82 Å². The van der Waals surface area contributed by atoms with Crippen LogP contribution >= 0.6 is 0 Å². The van der Waals surface area contributed by atoms with E-state index in [0.29, 0.717) is 0 Å². The number of methoxy groups -OCH3 is 2. The lowest BCUT2D eigenvalue weighted by atomic mass is 10.1. The first-order valence-electron chi connectivity index (χ1n) is 8.05. The number of hydrogen-bond acceptors (Lipinski definition) is 5. The van der Waals surface area contributed by atoms with Gasteiger partial charge in [0, 0.05) is 19.3 Å². The van der Waals surface area contributed by atoms with Gasteiger partial charge >= 0.3 is 0 Å². The van der Waals surface area contributed by atoms with Gasteiger partial charge in [0.05, 0.1) is 14.2 Å². The predicted molar refractivity (Wildman–Crippen MR) is 97.9 cm³/mol. The van der Waals surface area contributed by atoms with Gasteiger partial charge in [0.2, 0.25) is 0 Å². The molecule has 0 aliphatic heterocycles. The number of ether oxygens (including phenoxy) is 2. The molecule has 0 aliphatic rings. The van der Waals surface area contributed by atoms with Crippen LogP contribution in [0.3, 0.4) is 0 Å². The molecule has 0 amide bonds. The molecule has 0 saturated carbocycles. The summed E-state index contributed by atoms with van der Waals surface area (Å²) >= 11 is 0. The van der Waals surface area contributed by atoms with Crippen molar-refractivity contribution in [3.05, 3.63) is 78.2 Å². The summed E-state index contributed by atoms with van der Waals surface area (Å²) in [6.07, 6.45) is 3.34. The molecule has 0 aliphatic carbocycles. The smallest absolute Gasteiger partial charge is 0.132 e. The van der Waals surface area contributed by atoms with Crippen molar-refractivity contribution in [3.8, 4) is 11.5 Å². The maximum absolute atomic E-state index is 5.23. The molecular weight excluding hydrogens is 314 g/mol. The number of nitrogens with zero attached hydrogens (tertiary/aromatic N) is 3. The van der Waals surface area contributed by atoms with Crippen molar-refractivity contribution in [2.24, 2.45) is 0 Å². The van der Waals surface area contributed by atoms with E-state index in [2.05, 4.69) is 39.1 Å². The Bertz CT molecular complexity index is 725. The number of rotatable bonds is 7. The third-order valence-corrected chi connectivity index (χ3v) is 3.96. The van der Waals surface area contributed by atoms with E-state index in [0.717, 1.165) is 30.4 Å². The van der Waals surface area contributed by atoms with Crippen LogP contribution in [-0.4, -0.2) is 24.2 Å². The standard InChI is InChI=1S/C20H21N3O2/c1-24-18-7-3-16(4-8-18)13-23(20-11-12-21-15-22-20)14-17-5-9-19(25-2)10-6-17/h3-12,15H,13-14H2,1-2H3. The molecule has 128 valence electrons. The molecule has 0 atom stereocenters. The van der Waals surface area contributed by atoms with Crippen molar-refractivity contribution < 1.29 is 9.47 Å². The van der Waals surface area contributed by atoms with E-state index in [4.69, 9.17) is 9.47 Å². The fourth-order valence-electron chi connectivity index (χ4n) is 2.59. The Morgan fingerprint density at radius 1 is 0.760 bits per heavy atom. The summed E-state index contributed by atoms with van der Waals surface area (Å²) in [7, 11) is 3.34. The van der Waals surface area contributed by atoms with E-state index < -0.39 is 0 Å². The topological polar surface area (TPSA) is 47.5 Å². The summed E-state index contributed by atoms with van der Waals surface area (Å²) in [6.45, 7) is 1.49. The first kappa shape index (κ1) is 16.8. The second kappa shape index (κ2) is 8.15. The van der Waals surface area contributed by atoms with E-state index in [-0.39, 0.29) is 0 Å². The summed E-state index contributed by atoms with van der Waals surface area (Å²) in [4.78, 5) is 10.6. The van der Waals surface area contributed by atoms with Gasteiger partial charge in [-0.15, -0.1) is 0 Å². The van der Waals surface area contributed by atoms with Gasteiger partial charge in [0.1, 0.15) is 23.6 Å². The van der Waals surface area contributed by atoms with Crippen molar-refractivity contribution in [2.45, 2.75) is 13.1 Å². The average molecular weight is 335 g/mol.